The minimum atomic E-state index is -0.219. The zero-order valence-corrected chi connectivity index (χ0v) is 13.5. The Labute approximate surface area is 140 Å². The molecule has 0 aromatic carbocycles. The van der Waals surface area contributed by atoms with Crippen molar-refractivity contribution in [2.24, 2.45) is 17.3 Å². The molecule has 4 heteroatoms. The molecule has 20 heavy (non-hydrogen) atoms. The summed E-state index contributed by atoms with van der Waals surface area (Å²) in [5, 5.41) is 0. The fourth-order valence-corrected chi connectivity index (χ4v) is 1.87. The molecule has 0 radical (unpaired) electrons. The standard InChI is InChI=1S/C7H10O2.C7H12.2CH4.2H2S/c1-3-6-4-7(6,2)9-5-8;1-4-6-5-7(6,2)3;;;;/h3,5-6H,1,4H2,2H3;4,6H,1,5H2,2-3H3;2*1H4;2*1H2/t6-,7-;;;;;/m1...../s1. The molecule has 3 atom stereocenters. The van der Waals surface area contributed by atoms with Gasteiger partial charge in [-0.15, -0.1) is 13.2 Å². The lowest BCUT2D eigenvalue weighted by molar-refractivity contribution is -0.134. The average molecular weight is 323 g/mol. The van der Waals surface area contributed by atoms with E-state index in [1.165, 1.54) is 6.42 Å². The van der Waals surface area contributed by atoms with Gasteiger partial charge in [0.05, 0.1) is 0 Å². The van der Waals surface area contributed by atoms with Crippen molar-refractivity contribution in [2.45, 2.75) is 54.1 Å². The summed E-state index contributed by atoms with van der Waals surface area (Å²) in [4.78, 5) is 9.87. The number of hydrogen-bond donors (Lipinski definition) is 0. The van der Waals surface area contributed by atoms with Gasteiger partial charge in [0.1, 0.15) is 5.60 Å². The summed E-state index contributed by atoms with van der Waals surface area (Å²) in [6.07, 6.45) is 6.15. The van der Waals surface area contributed by atoms with Gasteiger partial charge in [-0.25, -0.2) is 0 Å². The Hall–Kier alpha value is -0.350. The van der Waals surface area contributed by atoms with Gasteiger partial charge in [0.2, 0.25) is 0 Å². The van der Waals surface area contributed by atoms with Crippen molar-refractivity contribution < 1.29 is 9.53 Å². The van der Waals surface area contributed by atoms with Crippen LogP contribution in [0, 0.1) is 17.3 Å². The third kappa shape index (κ3) is 7.44. The lowest BCUT2D eigenvalue weighted by atomic mass is 10.1. The Morgan fingerprint density at radius 2 is 1.40 bits per heavy atom. The number of rotatable bonds is 4. The van der Waals surface area contributed by atoms with Crippen LogP contribution in [0.1, 0.15) is 48.5 Å². The van der Waals surface area contributed by atoms with Crippen LogP contribution in [-0.2, 0) is 9.53 Å². The molecule has 0 bridgehead atoms. The van der Waals surface area contributed by atoms with E-state index >= 15 is 0 Å². The fourth-order valence-electron chi connectivity index (χ4n) is 1.87. The number of hydrogen-bond acceptors (Lipinski definition) is 2. The maximum atomic E-state index is 9.87. The molecule has 2 nitrogen and oxygen atoms in total. The predicted octanol–water partition coefficient (Wildman–Crippen LogP) is 4.84. The molecule has 0 heterocycles. The van der Waals surface area contributed by atoms with Crippen molar-refractivity contribution in [3.8, 4) is 0 Å². The van der Waals surface area contributed by atoms with Gasteiger partial charge in [-0.2, -0.15) is 27.0 Å². The van der Waals surface area contributed by atoms with Gasteiger partial charge >= 0.3 is 0 Å². The summed E-state index contributed by atoms with van der Waals surface area (Å²) in [6.45, 7) is 14.3. The summed E-state index contributed by atoms with van der Waals surface area (Å²) in [6, 6.07) is 0. The highest BCUT2D eigenvalue weighted by Gasteiger charge is 2.50. The van der Waals surface area contributed by atoms with Crippen LogP contribution in [0.15, 0.2) is 25.3 Å². The molecular formula is C16H34O2S2. The second-order valence-corrected chi connectivity index (χ2v) is 5.61. The highest BCUT2D eigenvalue weighted by atomic mass is 32.1. The normalized spacial score (nSPS) is 29.9. The van der Waals surface area contributed by atoms with E-state index in [0.717, 1.165) is 12.3 Å². The third-order valence-electron chi connectivity index (χ3n) is 3.73. The number of carbonyl (C=O) groups is 1. The molecule has 0 saturated heterocycles. The van der Waals surface area contributed by atoms with E-state index < -0.39 is 0 Å². The molecule has 2 aliphatic rings. The minimum absolute atomic E-state index is 0. The maximum Gasteiger partial charge on any atom is 0.293 e. The van der Waals surface area contributed by atoms with Crippen LogP contribution in [-0.4, -0.2) is 12.1 Å². The Morgan fingerprint density at radius 1 is 1.00 bits per heavy atom. The van der Waals surface area contributed by atoms with Crippen LogP contribution in [0.2, 0.25) is 0 Å². The van der Waals surface area contributed by atoms with E-state index in [4.69, 9.17) is 4.74 Å². The molecule has 0 amide bonds. The quantitative estimate of drug-likeness (QED) is 0.547. The molecule has 122 valence electrons. The highest BCUT2D eigenvalue weighted by Crippen LogP contribution is 2.52. The first-order valence-electron chi connectivity index (χ1n) is 5.76. The molecule has 0 aromatic rings. The average Bonchev–Trinajstić information content (AvgIpc) is 3.04. The van der Waals surface area contributed by atoms with Crippen LogP contribution < -0.4 is 0 Å². The Morgan fingerprint density at radius 3 is 1.55 bits per heavy atom. The first-order chi connectivity index (χ1) is 7.39. The maximum absolute atomic E-state index is 9.87. The van der Waals surface area contributed by atoms with Gasteiger partial charge in [0, 0.05) is 5.92 Å². The van der Waals surface area contributed by atoms with Crippen LogP contribution in [0.5, 0.6) is 0 Å². The van der Waals surface area contributed by atoms with Crippen molar-refractivity contribution in [1.82, 2.24) is 0 Å². The van der Waals surface area contributed by atoms with Crippen molar-refractivity contribution in [2.75, 3.05) is 0 Å². The summed E-state index contributed by atoms with van der Waals surface area (Å²) in [5.74, 6) is 1.19. The summed E-state index contributed by atoms with van der Waals surface area (Å²) < 4.78 is 4.79. The van der Waals surface area contributed by atoms with E-state index in [2.05, 4.69) is 33.1 Å². The van der Waals surface area contributed by atoms with Crippen LogP contribution >= 0.6 is 27.0 Å². The fraction of sp³-hybridized carbons (Fsp3) is 0.688. The smallest absolute Gasteiger partial charge is 0.293 e. The highest BCUT2D eigenvalue weighted by molar-refractivity contribution is 7.59. The predicted molar refractivity (Wildman–Crippen MR) is 100 cm³/mol. The zero-order valence-electron chi connectivity index (χ0n) is 11.5. The van der Waals surface area contributed by atoms with Crippen molar-refractivity contribution in [3.05, 3.63) is 25.3 Å². The lowest BCUT2D eigenvalue weighted by Gasteiger charge is -2.04. The zero-order chi connectivity index (χ0) is 12.4. The van der Waals surface area contributed by atoms with Crippen molar-refractivity contribution in [1.29, 1.82) is 0 Å². The SMILES string of the molecule is C.C.C=CC1CC1(C)C.C=C[C@@H]1C[C@@]1(C)OC=O.S.S. The topological polar surface area (TPSA) is 26.3 Å². The lowest BCUT2D eigenvalue weighted by Crippen LogP contribution is -2.09. The van der Waals surface area contributed by atoms with Gasteiger partial charge < -0.3 is 4.74 Å². The van der Waals surface area contributed by atoms with Gasteiger partial charge in [-0.1, -0.05) is 40.9 Å². The monoisotopic (exact) mass is 322 g/mol. The first kappa shape index (κ1) is 27.9. The first-order valence-corrected chi connectivity index (χ1v) is 5.76. The van der Waals surface area contributed by atoms with E-state index in [9.17, 15) is 4.79 Å². The molecular weight excluding hydrogens is 288 g/mol. The van der Waals surface area contributed by atoms with Crippen molar-refractivity contribution >= 4 is 33.5 Å². The van der Waals surface area contributed by atoms with E-state index in [0.29, 0.717) is 17.8 Å². The second kappa shape index (κ2) is 10.4. The van der Waals surface area contributed by atoms with Gasteiger partial charge in [-0.05, 0) is 31.1 Å². The Kier molecular flexibility index (Phi) is 14.5. The molecule has 1 unspecified atom stereocenters. The van der Waals surface area contributed by atoms with Gasteiger partial charge in [0.15, 0.2) is 0 Å². The van der Waals surface area contributed by atoms with Gasteiger partial charge in [-0.3, -0.25) is 4.79 Å². The number of ether oxygens (including phenoxy) is 1. The molecule has 2 rings (SSSR count). The molecule has 2 saturated carbocycles. The molecule has 0 N–H and O–H groups in total. The molecule has 0 aliphatic heterocycles. The largest absolute Gasteiger partial charge is 0.461 e. The molecule has 2 aliphatic carbocycles. The summed E-state index contributed by atoms with van der Waals surface area (Å²) >= 11 is 0. The van der Waals surface area contributed by atoms with Crippen LogP contribution in [0.3, 0.4) is 0 Å². The Bertz CT molecular complexity index is 303. The third-order valence-corrected chi connectivity index (χ3v) is 3.73. The molecule has 0 spiro atoms. The Balaban J connectivity index is -0.000000109. The molecule has 2 fully saturated rings. The van der Waals surface area contributed by atoms with Crippen molar-refractivity contribution in [3.63, 3.8) is 0 Å². The van der Waals surface area contributed by atoms with Crippen LogP contribution in [0.4, 0.5) is 0 Å². The van der Waals surface area contributed by atoms with Crippen LogP contribution in [0.25, 0.3) is 0 Å². The van der Waals surface area contributed by atoms with E-state index in [1.807, 2.05) is 13.0 Å². The number of carbonyl (C=O) groups excluding carboxylic acids is 1. The molecule has 0 aromatic heterocycles. The minimum Gasteiger partial charge on any atom is -0.461 e. The van der Waals surface area contributed by atoms with E-state index in [1.54, 1.807) is 0 Å². The van der Waals surface area contributed by atoms with Gasteiger partial charge in [0.25, 0.3) is 6.47 Å². The number of allylic oxidation sites excluding steroid dienone is 1. The summed E-state index contributed by atoms with van der Waals surface area (Å²) in [5.41, 5.74) is 0.380. The summed E-state index contributed by atoms with van der Waals surface area (Å²) in [7, 11) is 0. The second-order valence-electron chi connectivity index (χ2n) is 5.61. The van der Waals surface area contributed by atoms with E-state index in [-0.39, 0.29) is 47.4 Å².